The van der Waals surface area contributed by atoms with Crippen LogP contribution in [0.2, 0.25) is 0 Å². The summed E-state index contributed by atoms with van der Waals surface area (Å²) >= 11 is 3.08. The molecule has 0 radical (unpaired) electrons. The fourth-order valence-electron chi connectivity index (χ4n) is 0.969. The van der Waals surface area contributed by atoms with Gasteiger partial charge in [0.05, 0.1) is 5.56 Å². The van der Waals surface area contributed by atoms with Crippen LogP contribution in [0.1, 0.15) is 16.0 Å². The van der Waals surface area contributed by atoms with E-state index >= 15 is 0 Å². The van der Waals surface area contributed by atoms with Gasteiger partial charge >= 0.3 is 6.18 Å². The van der Waals surface area contributed by atoms with Crippen LogP contribution in [-0.4, -0.2) is 0 Å². The second-order valence-corrected chi connectivity index (χ2v) is 3.57. The van der Waals surface area contributed by atoms with Crippen molar-refractivity contribution in [3.8, 4) is 12.3 Å². The van der Waals surface area contributed by atoms with Crippen LogP contribution in [-0.2, 0) is 6.18 Å². The molecule has 0 bridgehead atoms. The van der Waals surface area contributed by atoms with Gasteiger partial charge in [-0.25, -0.2) is 0 Å². The largest absolute Gasteiger partial charge is 0.416 e. The minimum absolute atomic E-state index is 0.433. The summed E-state index contributed by atoms with van der Waals surface area (Å²) in [7, 11) is 0. The first-order chi connectivity index (χ1) is 6.45. The van der Waals surface area contributed by atoms with Gasteiger partial charge in [-0.3, -0.25) is 0 Å². The van der Waals surface area contributed by atoms with Crippen molar-refractivity contribution >= 4 is 15.9 Å². The molecule has 0 N–H and O–H groups in total. The van der Waals surface area contributed by atoms with Gasteiger partial charge in [0.2, 0.25) is 0 Å². The number of benzene rings is 1. The third-order valence-corrected chi connectivity index (χ3v) is 2.45. The smallest absolute Gasteiger partial charge is 0.166 e. The molecule has 1 rings (SSSR count). The summed E-state index contributed by atoms with van der Waals surface area (Å²) in [6, 6.07) is 4.94. The Morgan fingerprint density at radius 2 is 2.00 bits per heavy atom. The Labute approximate surface area is 88.3 Å². The summed E-state index contributed by atoms with van der Waals surface area (Å²) in [5.74, 6) is 2.31. The van der Waals surface area contributed by atoms with Gasteiger partial charge in [-0.2, -0.15) is 13.2 Å². The molecule has 1 aromatic carbocycles. The van der Waals surface area contributed by atoms with Gasteiger partial charge in [-0.15, -0.1) is 6.42 Å². The van der Waals surface area contributed by atoms with E-state index in [-0.39, 0.29) is 0 Å². The molecule has 1 aromatic rings. The topological polar surface area (TPSA) is 0 Å². The Hall–Kier alpha value is -0.950. The lowest BCUT2D eigenvalue weighted by molar-refractivity contribution is -0.137. The molecule has 74 valence electrons. The SMILES string of the molecule is C#CC(Br)c1cccc(C(F)(F)F)c1. The molecule has 14 heavy (non-hydrogen) atoms. The number of rotatable bonds is 1. The van der Waals surface area contributed by atoms with Gasteiger partial charge in [0.15, 0.2) is 0 Å². The Morgan fingerprint density at radius 1 is 1.36 bits per heavy atom. The van der Waals surface area contributed by atoms with Crippen molar-refractivity contribution in [2.24, 2.45) is 0 Å². The van der Waals surface area contributed by atoms with Gasteiger partial charge in [0.25, 0.3) is 0 Å². The third kappa shape index (κ3) is 2.52. The average Bonchev–Trinajstić information content (AvgIpc) is 2.15. The average molecular weight is 263 g/mol. The Kier molecular flexibility index (Phi) is 3.22. The molecule has 0 aliphatic carbocycles. The van der Waals surface area contributed by atoms with E-state index in [1.54, 1.807) is 6.07 Å². The van der Waals surface area contributed by atoms with Gasteiger partial charge < -0.3 is 0 Å². The molecule has 4 heteroatoms. The second-order valence-electron chi connectivity index (χ2n) is 2.65. The molecule has 0 aromatic heterocycles. The Balaban J connectivity index is 3.09. The van der Waals surface area contributed by atoms with E-state index in [1.807, 2.05) is 0 Å². The zero-order valence-corrected chi connectivity index (χ0v) is 8.56. The molecule has 0 nitrogen and oxygen atoms in total. The Bertz CT molecular complexity index is 362. The highest BCUT2D eigenvalue weighted by atomic mass is 79.9. The lowest BCUT2D eigenvalue weighted by Crippen LogP contribution is -2.05. The summed E-state index contributed by atoms with van der Waals surface area (Å²) in [6.45, 7) is 0. The van der Waals surface area contributed by atoms with E-state index in [9.17, 15) is 13.2 Å². The molecule has 0 saturated heterocycles. The first-order valence-electron chi connectivity index (χ1n) is 3.72. The molecule has 0 spiro atoms. The van der Waals surface area contributed by atoms with Crippen LogP contribution in [0, 0.1) is 12.3 Å². The lowest BCUT2D eigenvalue weighted by Gasteiger charge is -2.09. The highest BCUT2D eigenvalue weighted by Crippen LogP contribution is 2.32. The summed E-state index contributed by atoms with van der Waals surface area (Å²) in [6.07, 6.45) is 0.763. The first kappa shape index (κ1) is 11.1. The van der Waals surface area contributed by atoms with Crippen LogP contribution in [0.4, 0.5) is 13.2 Å². The predicted octanol–water partition coefficient (Wildman–Crippen LogP) is 3.77. The van der Waals surface area contributed by atoms with Crippen molar-refractivity contribution in [2.45, 2.75) is 11.0 Å². The predicted molar refractivity (Wildman–Crippen MR) is 51.9 cm³/mol. The van der Waals surface area contributed by atoms with E-state index in [4.69, 9.17) is 6.42 Å². The van der Waals surface area contributed by atoms with Gasteiger partial charge in [-0.1, -0.05) is 34.0 Å². The number of halogens is 4. The molecule has 0 heterocycles. The maximum atomic E-state index is 12.3. The molecule has 0 aliphatic rings. The van der Waals surface area contributed by atoms with E-state index in [1.165, 1.54) is 6.07 Å². The van der Waals surface area contributed by atoms with Crippen molar-refractivity contribution in [1.29, 1.82) is 0 Å². The molecular formula is C10H6BrF3. The number of hydrogen-bond acceptors (Lipinski definition) is 0. The van der Waals surface area contributed by atoms with Crippen LogP contribution < -0.4 is 0 Å². The van der Waals surface area contributed by atoms with Crippen molar-refractivity contribution in [1.82, 2.24) is 0 Å². The maximum Gasteiger partial charge on any atom is 0.416 e. The second kappa shape index (κ2) is 4.05. The molecule has 0 saturated carbocycles. The van der Waals surface area contributed by atoms with Crippen molar-refractivity contribution < 1.29 is 13.2 Å². The molecule has 0 amide bonds. The Morgan fingerprint density at radius 3 is 2.50 bits per heavy atom. The summed E-state index contributed by atoms with van der Waals surface area (Å²) in [5.41, 5.74) is -0.253. The van der Waals surface area contributed by atoms with Crippen LogP contribution >= 0.6 is 15.9 Å². The quantitative estimate of drug-likeness (QED) is 0.534. The van der Waals surface area contributed by atoms with Crippen LogP contribution in [0.5, 0.6) is 0 Å². The molecule has 1 unspecified atom stereocenters. The number of alkyl halides is 4. The molecule has 0 fully saturated rings. The highest BCUT2D eigenvalue weighted by Gasteiger charge is 2.30. The fraction of sp³-hybridized carbons (Fsp3) is 0.200. The first-order valence-corrected chi connectivity index (χ1v) is 4.64. The molecule has 1 atom stereocenters. The van der Waals surface area contributed by atoms with E-state index < -0.39 is 16.6 Å². The van der Waals surface area contributed by atoms with Crippen LogP contribution in [0.3, 0.4) is 0 Å². The fourth-order valence-corrected chi connectivity index (χ4v) is 1.25. The monoisotopic (exact) mass is 262 g/mol. The molecular weight excluding hydrogens is 257 g/mol. The van der Waals surface area contributed by atoms with Gasteiger partial charge in [0, 0.05) is 0 Å². The van der Waals surface area contributed by atoms with Crippen LogP contribution in [0.25, 0.3) is 0 Å². The zero-order valence-electron chi connectivity index (χ0n) is 6.98. The van der Waals surface area contributed by atoms with Crippen LogP contribution in [0.15, 0.2) is 24.3 Å². The minimum atomic E-state index is -4.32. The normalized spacial score (nSPS) is 13.4. The van der Waals surface area contributed by atoms with Crippen molar-refractivity contribution in [3.63, 3.8) is 0 Å². The third-order valence-electron chi connectivity index (χ3n) is 1.65. The minimum Gasteiger partial charge on any atom is -0.166 e. The van der Waals surface area contributed by atoms with Gasteiger partial charge in [-0.05, 0) is 17.7 Å². The van der Waals surface area contributed by atoms with E-state index in [0.717, 1.165) is 12.1 Å². The standard InChI is InChI=1S/C10H6BrF3/c1-2-9(11)7-4-3-5-8(6-7)10(12,13)14/h1,3-6,9H. The maximum absolute atomic E-state index is 12.3. The molecule has 0 aliphatic heterocycles. The number of hydrogen-bond donors (Lipinski definition) is 0. The number of terminal acetylenes is 1. The summed E-state index contributed by atoms with van der Waals surface area (Å²) in [5, 5.41) is 0. The summed E-state index contributed by atoms with van der Waals surface area (Å²) in [4.78, 5) is -0.482. The lowest BCUT2D eigenvalue weighted by atomic mass is 10.1. The highest BCUT2D eigenvalue weighted by molar-refractivity contribution is 9.09. The van der Waals surface area contributed by atoms with E-state index in [2.05, 4.69) is 21.9 Å². The zero-order chi connectivity index (χ0) is 10.8. The summed E-state index contributed by atoms with van der Waals surface area (Å²) < 4.78 is 36.8. The van der Waals surface area contributed by atoms with Gasteiger partial charge in [0.1, 0.15) is 4.83 Å². The van der Waals surface area contributed by atoms with E-state index in [0.29, 0.717) is 5.56 Å². The van der Waals surface area contributed by atoms with Crippen molar-refractivity contribution in [3.05, 3.63) is 35.4 Å². The van der Waals surface area contributed by atoms with Crippen molar-refractivity contribution in [2.75, 3.05) is 0 Å².